The van der Waals surface area contributed by atoms with Crippen LogP contribution in [0.2, 0.25) is 0 Å². The van der Waals surface area contributed by atoms with Crippen molar-refractivity contribution in [2.45, 2.75) is 51.5 Å². The van der Waals surface area contributed by atoms with E-state index in [1.807, 2.05) is 6.07 Å². The van der Waals surface area contributed by atoms with Crippen molar-refractivity contribution in [3.05, 3.63) is 39.9 Å². The summed E-state index contributed by atoms with van der Waals surface area (Å²) in [6.45, 7) is 3.05. The van der Waals surface area contributed by atoms with Crippen LogP contribution in [-0.2, 0) is 0 Å². The Kier molecular flexibility index (Phi) is 5.53. The average Bonchev–Trinajstić information content (AvgIpc) is 2.96. The van der Waals surface area contributed by atoms with Crippen molar-refractivity contribution in [2.24, 2.45) is 5.92 Å². The van der Waals surface area contributed by atoms with Crippen LogP contribution in [-0.4, -0.2) is 11.5 Å². The van der Waals surface area contributed by atoms with E-state index in [0.29, 0.717) is 0 Å². The van der Waals surface area contributed by atoms with E-state index in [4.69, 9.17) is 0 Å². The number of nitrogens with zero attached hydrogens (tertiary/aromatic N) is 1. The fourth-order valence-corrected chi connectivity index (χ4v) is 3.03. The maximum absolute atomic E-state index is 10.8. The zero-order valence-electron chi connectivity index (χ0n) is 12.2. The van der Waals surface area contributed by atoms with Gasteiger partial charge < -0.3 is 5.32 Å². The molecule has 0 aliphatic heterocycles. The molecule has 1 N–H and O–H groups in total. The van der Waals surface area contributed by atoms with Crippen molar-refractivity contribution in [1.82, 2.24) is 5.32 Å². The normalized spacial score (nSPS) is 17.2. The Morgan fingerprint density at radius 1 is 1.40 bits per heavy atom. The minimum atomic E-state index is -0.337. The third-order valence-corrected chi connectivity index (χ3v) is 4.30. The first-order valence-electron chi connectivity index (χ1n) is 7.64. The summed E-state index contributed by atoms with van der Waals surface area (Å²) in [4.78, 5) is 10.4. The lowest BCUT2D eigenvalue weighted by Gasteiger charge is -2.15. The molecule has 1 aliphatic rings. The van der Waals surface area contributed by atoms with Gasteiger partial charge in [0.15, 0.2) is 0 Å². The number of nitro benzene ring substituents is 1. The van der Waals surface area contributed by atoms with E-state index in [-0.39, 0.29) is 16.7 Å². The molecule has 0 radical (unpaired) electrons. The van der Waals surface area contributed by atoms with Crippen LogP contribution >= 0.6 is 0 Å². The molecule has 0 saturated heterocycles. The van der Waals surface area contributed by atoms with Gasteiger partial charge in [-0.25, -0.2) is 0 Å². The first-order chi connectivity index (χ1) is 9.66. The Labute approximate surface area is 120 Å². The molecule has 1 aliphatic carbocycles. The van der Waals surface area contributed by atoms with Crippen molar-refractivity contribution < 1.29 is 4.92 Å². The zero-order chi connectivity index (χ0) is 14.4. The highest BCUT2D eigenvalue weighted by atomic mass is 16.6. The van der Waals surface area contributed by atoms with E-state index in [1.165, 1.54) is 44.6 Å². The topological polar surface area (TPSA) is 55.2 Å². The Hall–Kier alpha value is -1.42. The fraction of sp³-hybridized carbons (Fsp3) is 0.625. The lowest BCUT2D eigenvalue weighted by atomic mass is 10.0. The van der Waals surface area contributed by atoms with E-state index in [1.54, 1.807) is 12.1 Å². The van der Waals surface area contributed by atoms with Crippen molar-refractivity contribution in [3.63, 3.8) is 0 Å². The maximum atomic E-state index is 10.8. The highest BCUT2D eigenvalue weighted by molar-refractivity contribution is 5.35. The fourth-order valence-electron chi connectivity index (χ4n) is 3.03. The van der Waals surface area contributed by atoms with Crippen LogP contribution < -0.4 is 5.32 Å². The van der Waals surface area contributed by atoms with Gasteiger partial charge in [-0.1, -0.05) is 37.8 Å². The van der Waals surface area contributed by atoms with Crippen LogP contribution in [0, 0.1) is 16.0 Å². The summed E-state index contributed by atoms with van der Waals surface area (Å²) in [5, 5.41) is 14.2. The number of non-ortho nitro benzene ring substituents is 1. The number of rotatable bonds is 7. The molecule has 1 unspecified atom stereocenters. The molecule has 0 bridgehead atoms. The van der Waals surface area contributed by atoms with E-state index in [2.05, 4.69) is 12.2 Å². The molecule has 1 aromatic rings. The number of nitro groups is 1. The van der Waals surface area contributed by atoms with Crippen molar-refractivity contribution in [2.75, 3.05) is 6.54 Å². The molecule has 1 aromatic carbocycles. The van der Waals surface area contributed by atoms with Gasteiger partial charge in [-0.2, -0.15) is 0 Å². The predicted octanol–water partition coefficient (Wildman–Crippen LogP) is 4.22. The minimum absolute atomic E-state index is 0.165. The van der Waals surface area contributed by atoms with Crippen molar-refractivity contribution in [1.29, 1.82) is 0 Å². The van der Waals surface area contributed by atoms with Crippen LogP contribution in [0.1, 0.15) is 57.1 Å². The molecule has 2 rings (SSSR count). The van der Waals surface area contributed by atoms with Crippen molar-refractivity contribution >= 4 is 5.69 Å². The number of hydrogen-bond donors (Lipinski definition) is 1. The van der Waals surface area contributed by atoms with Gasteiger partial charge in [-0.3, -0.25) is 10.1 Å². The Morgan fingerprint density at radius 3 is 2.85 bits per heavy atom. The van der Waals surface area contributed by atoms with Gasteiger partial charge in [0.2, 0.25) is 0 Å². The second-order valence-electron chi connectivity index (χ2n) is 5.82. The standard InChI is InChI=1S/C16H24N2O2/c1-13(15-9-4-10-16(12-15)18(19)20)17-11-5-8-14-6-2-3-7-14/h4,9-10,12-14,17H,2-3,5-8,11H2,1H3. The second-order valence-corrected chi connectivity index (χ2v) is 5.82. The molecule has 4 heteroatoms. The molecule has 110 valence electrons. The van der Waals surface area contributed by atoms with Gasteiger partial charge in [0.25, 0.3) is 5.69 Å². The van der Waals surface area contributed by atoms with Gasteiger partial charge in [0.05, 0.1) is 4.92 Å². The van der Waals surface area contributed by atoms with Crippen LogP contribution in [0.5, 0.6) is 0 Å². The summed E-state index contributed by atoms with van der Waals surface area (Å²) < 4.78 is 0. The molecule has 0 spiro atoms. The summed E-state index contributed by atoms with van der Waals surface area (Å²) in [7, 11) is 0. The smallest absolute Gasteiger partial charge is 0.269 e. The van der Waals surface area contributed by atoms with E-state index >= 15 is 0 Å². The molecule has 0 aromatic heterocycles. The Bertz CT molecular complexity index is 442. The zero-order valence-corrected chi connectivity index (χ0v) is 12.2. The Morgan fingerprint density at radius 2 is 2.15 bits per heavy atom. The summed E-state index contributed by atoms with van der Waals surface area (Å²) in [5.41, 5.74) is 1.15. The van der Waals surface area contributed by atoms with Crippen LogP contribution in [0.25, 0.3) is 0 Å². The molecule has 20 heavy (non-hydrogen) atoms. The second kappa shape index (κ2) is 7.39. The predicted molar refractivity (Wildman–Crippen MR) is 80.7 cm³/mol. The highest BCUT2D eigenvalue weighted by Gasteiger charge is 2.14. The first-order valence-corrected chi connectivity index (χ1v) is 7.64. The summed E-state index contributed by atoms with van der Waals surface area (Å²) in [6, 6.07) is 7.06. The van der Waals surface area contributed by atoms with Gasteiger partial charge in [0.1, 0.15) is 0 Å². The van der Waals surface area contributed by atoms with Crippen LogP contribution in [0.3, 0.4) is 0 Å². The molecule has 1 atom stereocenters. The summed E-state index contributed by atoms with van der Waals surface area (Å²) in [5.74, 6) is 0.935. The molecule has 1 saturated carbocycles. The molecule has 1 fully saturated rings. The third kappa shape index (κ3) is 4.30. The molecular weight excluding hydrogens is 252 g/mol. The van der Waals surface area contributed by atoms with E-state index < -0.39 is 0 Å². The highest BCUT2D eigenvalue weighted by Crippen LogP contribution is 2.28. The number of hydrogen-bond acceptors (Lipinski definition) is 3. The summed E-state index contributed by atoms with van der Waals surface area (Å²) >= 11 is 0. The van der Waals surface area contributed by atoms with E-state index in [0.717, 1.165) is 18.0 Å². The minimum Gasteiger partial charge on any atom is -0.310 e. The lowest BCUT2D eigenvalue weighted by Crippen LogP contribution is -2.20. The van der Waals surface area contributed by atoms with Gasteiger partial charge in [-0.05, 0) is 37.8 Å². The Balaban J connectivity index is 1.74. The van der Waals surface area contributed by atoms with Gasteiger partial charge in [0, 0.05) is 18.2 Å². The third-order valence-electron chi connectivity index (χ3n) is 4.30. The summed E-state index contributed by atoms with van der Waals surface area (Å²) in [6.07, 6.45) is 8.13. The largest absolute Gasteiger partial charge is 0.310 e. The SMILES string of the molecule is CC(NCCCC1CCCC1)c1cccc([N+](=O)[O-])c1. The quantitative estimate of drug-likeness (QED) is 0.461. The van der Waals surface area contributed by atoms with Crippen LogP contribution in [0.4, 0.5) is 5.69 Å². The monoisotopic (exact) mass is 276 g/mol. The molecule has 0 amide bonds. The van der Waals surface area contributed by atoms with Gasteiger partial charge in [-0.15, -0.1) is 0 Å². The number of nitrogens with one attached hydrogen (secondary N) is 1. The van der Waals surface area contributed by atoms with E-state index in [9.17, 15) is 10.1 Å². The van der Waals surface area contributed by atoms with Gasteiger partial charge >= 0.3 is 0 Å². The molecule has 4 nitrogen and oxygen atoms in total. The lowest BCUT2D eigenvalue weighted by molar-refractivity contribution is -0.384. The maximum Gasteiger partial charge on any atom is 0.269 e. The molecular formula is C16H24N2O2. The van der Waals surface area contributed by atoms with Crippen LogP contribution in [0.15, 0.2) is 24.3 Å². The molecule has 0 heterocycles. The van der Waals surface area contributed by atoms with Crippen molar-refractivity contribution in [3.8, 4) is 0 Å². The average molecular weight is 276 g/mol. The first kappa shape index (κ1) is 15.0. The number of benzene rings is 1.